The van der Waals surface area contributed by atoms with Gasteiger partial charge in [0, 0.05) is 12.6 Å². The fourth-order valence-corrected chi connectivity index (χ4v) is 2.92. The third-order valence-electron chi connectivity index (χ3n) is 4.01. The molecule has 1 amide bonds. The van der Waals surface area contributed by atoms with Crippen molar-refractivity contribution >= 4 is 33.2 Å². The molecule has 2 aromatic heterocycles. The molecule has 2 heterocycles. The highest BCUT2D eigenvalue weighted by Crippen LogP contribution is 2.30. The zero-order valence-electron chi connectivity index (χ0n) is 11.5. The molecule has 0 saturated heterocycles. The maximum Gasteiger partial charge on any atom is 0.224 e. The van der Waals surface area contributed by atoms with Gasteiger partial charge in [-0.1, -0.05) is 19.3 Å². The minimum Gasteiger partial charge on any atom is -0.325 e. The monoisotopic (exact) mass is 335 g/mol. The molecule has 20 heavy (non-hydrogen) atoms. The molecule has 5 heteroatoms. The Balaban J connectivity index is 1.67. The molecule has 0 unspecified atom stereocenters. The molecule has 0 radical (unpaired) electrons. The molecule has 0 atom stereocenters. The van der Waals surface area contributed by atoms with Crippen LogP contribution in [0.1, 0.15) is 37.8 Å². The number of hydrogen-bond acceptors (Lipinski definition) is 2. The smallest absolute Gasteiger partial charge is 0.224 e. The van der Waals surface area contributed by atoms with Crippen LogP contribution in [0.2, 0.25) is 0 Å². The van der Waals surface area contributed by atoms with E-state index in [0.717, 1.165) is 34.0 Å². The SMILES string of the molecule is Cc1nc2ccc(NC(=O)CCC3CCC3)cn2c1Br. The van der Waals surface area contributed by atoms with Gasteiger partial charge in [-0.3, -0.25) is 9.20 Å². The van der Waals surface area contributed by atoms with Crippen molar-refractivity contribution in [2.45, 2.75) is 39.0 Å². The highest BCUT2D eigenvalue weighted by Gasteiger charge is 2.18. The summed E-state index contributed by atoms with van der Waals surface area (Å²) >= 11 is 3.51. The number of amides is 1. The van der Waals surface area contributed by atoms with Gasteiger partial charge in [0.1, 0.15) is 10.3 Å². The molecule has 2 aromatic rings. The van der Waals surface area contributed by atoms with Crippen molar-refractivity contribution in [3.05, 3.63) is 28.6 Å². The van der Waals surface area contributed by atoms with Crippen LogP contribution in [-0.2, 0) is 4.79 Å². The molecule has 1 aliphatic rings. The van der Waals surface area contributed by atoms with Crippen LogP contribution < -0.4 is 5.32 Å². The lowest BCUT2D eigenvalue weighted by atomic mass is 9.82. The summed E-state index contributed by atoms with van der Waals surface area (Å²) < 4.78 is 2.87. The Morgan fingerprint density at radius 1 is 1.50 bits per heavy atom. The van der Waals surface area contributed by atoms with Crippen molar-refractivity contribution in [2.24, 2.45) is 5.92 Å². The minimum atomic E-state index is 0.101. The highest BCUT2D eigenvalue weighted by molar-refractivity contribution is 9.10. The first kappa shape index (κ1) is 13.6. The van der Waals surface area contributed by atoms with Crippen LogP contribution in [-0.4, -0.2) is 15.3 Å². The van der Waals surface area contributed by atoms with Crippen LogP contribution in [0.25, 0.3) is 5.65 Å². The number of carbonyl (C=O) groups is 1. The quantitative estimate of drug-likeness (QED) is 0.920. The van der Waals surface area contributed by atoms with Crippen LogP contribution in [0.4, 0.5) is 5.69 Å². The van der Waals surface area contributed by atoms with Gasteiger partial charge >= 0.3 is 0 Å². The van der Waals surface area contributed by atoms with Gasteiger partial charge in [-0.05, 0) is 47.3 Å². The lowest BCUT2D eigenvalue weighted by Crippen LogP contribution is -2.17. The van der Waals surface area contributed by atoms with Crippen molar-refractivity contribution in [3.8, 4) is 0 Å². The number of fused-ring (bicyclic) bond motifs is 1. The molecule has 1 N–H and O–H groups in total. The van der Waals surface area contributed by atoms with Crippen molar-refractivity contribution in [2.75, 3.05) is 5.32 Å². The molecular weight excluding hydrogens is 318 g/mol. The average Bonchev–Trinajstić information content (AvgIpc) is 2.64. The molecule has 0 aliphatic heterocycles. The van der Waals surface area contributed by atoms with E-state index < -0.39 is 0 Å². The second-order valence-corrected chi connectivity index (χ2v) is 6.27. The number of rotatable bonds is 4. The summed E-state index contributed by atoms with van der Waals surface area (Å²) in [6, 6.07) is 3.81. The first-order chi connectivity index (χ1) is 9.63. The van der Waals surface area contributed by atoms with E-state index in [9.17, 15) is 4.79 Å². The summed E-state index contributed by atoms with van der Waals surface area (Å²) in [6.07, 6.45) is 7.45. The summed E-state index contributed by atoms with van der Waals surface area (Å²) in [6.45, 7) is 1.95. The van der Waals surface area contributed by atoms with Crippen molar-refractivity contribution in [1.82, 2.24) is 9.38 Å². The normalized spacial score (nSPS) is 15.3. The van der Waals surface area contributed by atoms with Gasteiger partial charge in [-0.2, -0.15) is 0 Å². The Bertz CT molecular complexity index is 646. The molecule has 106 valence electrons. The second-order valence-electron chi connectivity index (χ2n) is 5.52. The summed E-state index contributed by atoms with van der Waals surface area (Å²) in [4.78, 5) is 16.3. The number of aromatic nitrogens is 2. The van der Waals surface area contributed by atoms with Crippen LogP contribution in [0.15, 0.2) is 22.9 Å². The summed E-state index contributed by atoms with van der Waals surface area (Å²) in [5.41, 5.74) is 2.63. The molecule has 1 aliphatic carbocycles. The van der Waals surface area contributed by atoms with Crippen LogP contribution >= 0.6 is 15.9 Å². The molecule has 0 aromatic carbocycles. The van der Waals surface area contributed by atoms with E-state index in [2.05, 4.69) is 26.2 Å². The van der Waals surface area contributed by atoms with Gasteiger partial charge in [0.05, 0.1) is 11.4 Å². The third-order valence-corrected chi connectivity index (χ3v) is 4.96. The number of imidazole rings is 1. The van der Waals surface area contributed by atoms with E-state index in [1.165, 1.54) is 19.3 Å². The molecule has 4 nitrogen and oxygen atoms in total. The number of pyridine rings is 1. The second kappa shape index (κ2) is 5.56. The van der Waals surface area contributed by atoms with Crippen molar-refractivity contribution < 1.29 is 4.79 Å². The van der Waals surface area contributed by atoms with Crippen LogP contribution in [0, 0.1) is 12.8 Å². The molecular formula is C15H18BrN3O. The standard InChI is InChI=1S/C15H18BrN3O/c1-10-15(16)19-9-12(6-7-13(19)17-10)18-14(20)8-5-11-3-2-4-11/h6-7,9,11H,2-5,8H2,1H3,(H,18,20). The van der Waals surface area contributed by atoms with E-state index in [-0.39, 0.29) is 5.91 Å². The lowest BCUT2D eigenvalue weighted by Gasteiger charge is -2.24. The van der Waals surface area contributed by atoms with E-state index in [4.69, 9.17) is 0 Å². The van der Waals surface area contributed by atoms with E-state index >= 15 is 0 Å². The van der Waals surface area contributed by atoms with E-state index in [0.29, 0.717) is 6.42 Å². The van der Waals surface area contributed by atoms with Gasteiger partial charge < -0.3 is 5.32 Å². The van der Waals surface area contributed by atoms with Crippen LogP contribution in [0.5, 0.6) is 0 Å². The van der Waals surface area contributed by atoms with E-state index in [1.807, 2.05) is 29.7 Å². The maximum absolute atomic E-state index is 11.9. The van der Waals surface area contributed by atoms with E-state index in [1.54, 1.807) is 0 Å². The number of aryl methyl sites for hydroxylation is 1. The molecule has 3 rings (SSSR count). The predicted molar refractivity (Wildman–Crippen MR) is 82.8 cm³/mol. The van der Waals surface area contributed by atoms with Gasteiger partial charge in [0.2, 0.25) is 5.91 Å². The molecule has 0 bridgehead atoms. The van der Waals surface area contributed by atoms with Gasteiger partial charge in [-0.25, -0.2) is 4.98 Å². The van der Waals surface area contributed by atoms with Gasteiger partial charge in [-0.15, -0.1) is 0 Å². The molecule has 1 saturated carbocycles. The van der Waals surface area contributed by atoms with Gasteiger partial charge in [0.15, 0.2) is 0 Å². The zero-order chi connectivity index (χ0) is 14.1. The Morgan fingerprint density at radius 2 is 2.30 bits per heavy atom. The first-order valence-electron chi connectivity index (χ1n) is 7.07. The molecule has 1 fully saturated rings. The summed E-state index contributed by atoms with van der Waals surface area (Å²) in [7, 11) is 0. The number of anilines is 1. The number of nitrogens with zero attached hydrogens (tertiary/aromatic N) is 2. The van der Waals surface area contributed by atoms with Crippen molar-refractivity contribution in [3.63, 3.8) is 0 Å². The Morgan fingerprint density at radius 3 is 3.00 bits per heavy atom. The number of carbonyl (C=O) groups excluding carboxylic acids is 1. The fraction of sp³-hybridized carbons (Fsp3) is 0.467. The van der Waals surface area contributed by atoms with Crippen molar-refractivity contribution in [1.29, 1.82) is 0 Å². The van der Waals surface area contributed by atoms with Crippen LogP contribution in [0.3, 0.4) is 0 Å². The topological polar surface area (TPSA) is 46.4 Å². The summed E-state index contributed by atoms with van der Waals surface area (Å²) in [5, 5.41) is 2.97. The lowest BCUT2D eigenvalue weighted by molar-refractivity contribution is -0.116. The zero-order valence-corrected chi connectivity index (χ0v) is 13.1. The number of nitrogens with one attached hydrogen (secondary N) is 1. The minimum absolute atomic E-state index is 0.101. The Labute approximate surface area is 126 Å². The maximum atomic E-state index is 11.9. The van der Waals surface area contributed by atoms with Gasteiger partial charge in [0.25, 0.3) is 0 Å². The predicted octanol–water partition coefficient (Wildman–Crippen LogP) is 3.92. The average molecular weight is 336 g/mol. The largest absolute Gasteiger partial charge is 0.325 e. The highest BCUT2D eigenvalue weighted by atomic mass is 79.9. The molecule has 0 spiro atoms. The number of halogens is 1. The Hall–Kier alpha value is -1.36. The number of hydrogen-bond donors (Lipinski definition) is 1. The fourth-order valence-electron chi connectivity index (χ4n) is 2.55. The first-order valence-corrected chi connectivity index (χ1v) is 7.87. The Kier molecular flexibility index (Phi) is 3.78. The summed E-state index contributed by atoms with van der Waals surface area (Å²) in [5.74, 6) is 0.873. The third kappa shape index (κ3) is 2.73.